The second-order valence-electron chi connectivity index (χ2n) is 2.90. The molecule has 14 heavy (non-hydrogen) atoms. The van der Waals surface area contributed by atoms with Gasteiger partial charge >= 0.3 is 0 Å². The number of carbonyl (C=O) groups is 1. The Morgan fingerprint density at radius 3 is 2.93 bits per heavy atom. The fraction of sp³-hybridized carbons (Fsp3) is 0.100. The molecule has 0 amide bonds. The number of methoxy groups -OCH3 is 1. The Balaban J connectivity index is 2.86. The number of hydrogen-bond donors (Lipinski definition) is 2. The number of carbonyl (C=O) groups excluding carboxylic acids is 1. The van der Waals surface area contributed by atoms with Crippen LogP contribution in [0.25, 0.3) is 10.9 Å². The Labute approximate surface area is 80.1 Å². The number of fused-ring (bicyclic) bond motifs is 1. The lowest BCUT2D eigenvalue weighted by Gasteiger charge is -2.02. The molecule has 4 heteroatoms. The van der Waals surface area contributed by atoms with Crippen LogP contribution in [-0.2, 0) is 0 Å². The van der Waals surface area contributed by atoms with E-state index in [2.05, 4.69) is 4.98 Å². The van der Waals surface area contributed by atoms with Crippen molar-refractivity contribution >= 4 is 17.2 Å². The molecule has 4 nitrogen and oxygen atoms in total. The fourth-order valence-electron chi connectivity index (χ4n) is 1.49. The number of ether oxygens (including phenoxy) is 1. The van der Waals surface area contributed by atoms with Crippen LogP contribution in [0, 0.1) is 0 Å². The largest absolute Gasteiger partial charge is 0.507 e. The second kappa shape index (κ2) is 3.06. The molecule has 0 bridgehead atoms. The van der Waals surface area contributed by atoms with E-state index in [-0.39, 0.29) is 5.75 Å². The third kappa shape index (κ3) is 1.04. The fourth-order valence-corrected chi connectivity index (χ4v) is 1.49. The molecule has 2 rings (SSSR count). The summed E-state index contributed by atoms with van der Waals surface area (Å²) in [6.07, 6.45) is 2.23. The lowest BCUT2D eigenvalue weighted by atomic mass is 10.1. The van der Waals surface area contributed by atoms with Crippen molar-refractivity contribution in [3.8, 4) is 11.5 Å². The number of benzene rings is 1. The number of hydrogen-bond acceptors (Lipinski definition) is 3. The first-order valence-electron chi connectivity index (χ1n) is 4.10. The summed E-state index contributed by atoms with van der Waals surface area (Å²) in [6, 6.07) is 3.14. The lowest BCUT2D eigenvalue weighted by molar-refractivity contribution is 0.112. The van der Waals surface area contributed by atoms with E-state index >= 15 is 0 Å². The Morgan fingerprint density at radius 2 is 2.29 bits per heavy atom. The number of nitrogens with one attached hydrogen (secondary N) is 1. The van der Waals surface area contributed by atoms with Crippen molar-refractivity contribution < 1.29 is 14.6 Å². The van der Waals surface area contributed by atoms with Crippen LogP contribution in [0.5, 0.6) is 11.5 Å². The van der Waals surface area contributed by atoms with E-state index < -0.39 is 0 Å². The summed E-state index contributed by atoms with van der Waals surface area (Å²) in [7, 11) is 1.53. The maximum atomic E-state index is 10.7. The summed E-state index contributed by atoms with van der Waals surface area (Å²) in [4.78, 5) is 13.5. The van der Waals surface area contributed by atoms with E-state index in [0.717, 1.165) is 0 Å². The van der Waals surface area contributed by atoms with Crippen molar-refractivity contribution in [1.82, 2.24) is 4.98 Å². The van der Waals surface area contributed by atoms with E-state index in [0.29, 0.717) is 28.5 Å². The van der Waals surface area contributed by atoms with Crippen molar-refractivity contribution in [2.45, 2.75) is 0 Å². The standard InChI is InChI=1S/C10H9NO3/c1-14-8-3-2-7(13)9-6(5-12)4-11-10(8)9/h2-5,11,13H,1H3. The first kappa shape index (κ1) is 8.62. The normalized spacial score (nSPS) is 10.4. The number of rotatable bonds is 2. The van der Waals surface area contributed by atoms with Gasteiger partial charge in [-0.25, -0.2) is 0 Å². The summed E-state index contributed by atoms with van der Waals surface area (Å²) >= 11 is 0. The number of H-pyrrole nitrogens is 1. The highest BCUT2D eigenvalue weighted by Gasteiger charge is 2.11. The molecule has 2 aromatic rings. The highest BCUT2D eigenvalue weighted by molar-refractivity contribution is 6.03. The summed E-state index contributed by atoms with van der Waals surface area (Å²) in [6.45, 7) is 0. The first-order chi connectivity index (χ1) is 6.77. The van der Waals surface area contributed by atoms with Gasteiger partial charge in [0.1, 0.15) is 11.5 Å². The van der Waals surface area contributed by atoms with Crippen molar-refractivity contribution in [3.05, 3.63) is 23.9 Å². The van der Waals surface area contributed by atoms with Crippen LogP contribution in [0.15, 0.2) is 18.3 Å². The van der Waals surface area contributed by atoms with Crippen LogP contribution in [0.2, 0.25) is 0 Å². The molecule has 2 N–H and O–H groups in total. The molecule has 72 valence electrons. The summed E-state index contributed by atoms with van der Waals surface area (Å²) in [5.74, 6) is 0.676. The zero-order chi connectivity index (χ0) is 10.1. The van der Waals surface area contributed by atoms with Crippen LogP contribution in [0.3, 0.4) is 0 Å². The molecule has 1 aromatic heterocycles. The van der Waals surface area contributed by atoms with Gasteiger partial charge in [0.25, 0.3) is 0 Å². The third-order valence-electron chi connectivity index (χ3n) is 2.15. The Hall–Kier alpha value is -1.97. The van der Waals surface area contributed by atoms with Crippen LogP contribution in [-0.4, -0.2) is 23.5 Å². The monoisotopic (exact) mass is 191 g/mol. The smallest absolute Gasteiger partial charge is 0.152 e. The maximum Gasteiger partial charge on any atom is 0.152 e. The molecule has 0 fully saturated rings. The van der Waals surface area contributed by atoms with Crippen molar-refractivity contribution in [2.75, 3.05) is 7.11 Å². The molecule has 0 spiro atoms. The van der Waals surface area contributed by atoms with Gasteiger partial charge in [0, 0.05) is 11.8 Å². The molecular formula is C10H9NO3. The van der Waals surface area contributed by atoms with Crippen LogP contribution in [0.1, 0.15) is 10.4 Å². The number of aromatic nitrogens is 1. The predicted molar refractivity (Wildman–Crippen MR) is 51.9 cm³/mol. The van der Waals surface area contributed by atoms with Crippen LogP contribution >= 0.6 is 0 Å². The van der Waals surface area contributed by atoms with Crippen molar-refractivity contribution in [3.63, 3.8) is 0 Å². The highest BCUT2D eigenvalue weighted by Crippen LogP contribution is 2.33. The van der Waals surface area contributed by atoms with Gasteiger partial charge in [-0.1, -0.05) is 0 Å². The molecule has 0 aliphatic rings. The zero-order valence-electron chi connectivity index (χ0n) is 7.57. The maximum absolute atomic E-state index is 10.7. The molecule has 0 saturated carbocycles. The third-order valence-corrected chi connectivity index (χ3v) is 2.15. The van der Waals surface area contributed by atoms with Crippen molar-refractivity contribution in [2.24, 2.45) is 0 Å². The van der Waals surface area contributed by atoms with Gasteiger partial charge in [-0.05, 0) is 12.1 Å². The molecule has 0 atom stereocenters. The summed E-state index contributed by atoms with van der Waals surface area (Å²) < 4.78 is 5.08. The number of aromatic amines is 1. The Bertz CT molecular complexity index is 487. The predicted octanol–water partition coefficient (Wildman–Crippen LogP) is 1.69. The van der Waals surface area contributed by atoms with Gasteiger partial charge in [-0.15, -0.1) is 0 Å². The van der Waals surface area contributed by atoms with E-state index in [1.807, 2.05) is 0 Å². The molecule has 1 aromatic carbocycles. The van der Waals surface area contributed by atoms with Crippen molar-refractivity contribution in [1.29, 1.82) is 0 Å². The Kier molecular flexibility index (Phi) is 1.89. The van der Waals surface area contributed by atoms with Gasteiger partial charge in [0.05, 0.1) is 18.0 Å². The Morgan fingerprint density at radius 1 is 1.50 bits per heavy atom. The van der Waals surface area contributed by atoms with E-state index in [1.165, 1.54) is 13.2 Å². The summed E-state index contributed by atoms with van der Waals surface area (Å²) in [5.41, 5.74) is 1.06. The topological polar surface area (TPSA) is 62.3 Å². The molecule has 0 unspecified atom stereocenters. The SMILES string of the molecule is COc1ccc(O)c2c(C=O)c[nH]c12. The summed E-state index contributed by atoms with van der Waals surface area (Å²) in [5, 5.41) is 10.1. The van der Waals surface area contributed by atoms with Gasteiger partial charge < -0.3 is 14.8 Å². The first-order valence-corrected chi connectivity index (χ1v) is 4.10. The molecule has 0 radical (unpaired) electrons. The van der Waals surface area contributed by atoms with Gasteiger partial charge in [0.15, 0.2) is 6.29 Å². The van der Waals surface area contributed by atoms with Gasteiger partial charge in [-0.3, -0.25) is 4.79 Å². The quantitative estimate of drug-likeness (QED) is 0.710. The van der Waals surface area contributed by atoms with E-state index in [1.54, 1.807) is 12.3 Å². The minimum atomic E-state index is 0.0733. The average molecular weight is 191 g/mol. The molecule has 1 heterocycles. The number of aldehydes is 1. The number of aromatic hydroxyl groups is 1. The molecule has 0 aliphatic carbocycles. The average Bonchev–Trinajstić information content (AvgIpc) is 2.63. The van der Waals surface area contributed by atoms with E-state index in [4.69, 9.17) is 4.74 Å². The van der Waals surface area contributed by atoms with Gasteiger partial charge in [0.2, 0.25) is 0 Å². The lowest BCUT2D eigenvalue weighted by Crippen LogP contribution is -1.84. The number of phenolic OH excluding ortho intramolecular Hbond substituents is 1. The zero-order valence-corrected chi connectivity index (χ0v) is 7.57. The minimum Gasteiger partial charge on any atom is -0.507 e. The van der Waals surface area contributed by atoms with Crippen LogP contribution < -0.4 is 4.74 Å². The molecule has 0 aliphatic heterocycles. The highest BCUT2D eigenvalue weighted by atomic mass is 16.5. The van der Waals surface area contributed by atoms with E-state index in [9.17, 15) is 9.90 Å². The van der Waals surface area contributed by atoms with Crippen LogP contribution in [0.4, 0.5) is 0 Å². The second-order valence-corrected chi connectivity index (χ2v) is 2.90. The minimum absolute atomic E-state index is 0.0733. The molecular weight excluding hydrogens is 182 g/mol. The molecule has 0 saturated heterocycles. The van der Waals surface area contributed by atoms with Gasteiger partial charge in [-0.2, -0.15) is 0 Å². The number of phenols is 1.